The van der Waals surface area contributed by atoms with Crippen LogP contribution in [0.4, 0.5) is 5.69 Å². The van der Waals surface area contributed by atoms with Crippen molar-refractivity contribution < 1.29 is 24.2 Å². The zero-order valence-corrected chi connectivity index (χ0v) is 16.9. The van der Waals surface area contributed by atoms with Crippen LogP contribution in [0.1, 0.15) is 31.1 Å². The molecule has 1 saturated heterocycles. The molecule has 1 aliphatic heterocycles. The first kappa shape index (κ1) is 21.8. The van der Waals surface area contributed by atoms with E-state index in [0.29, 0.717) is 37.5 Å². The number of likely N-dealkylation sites (N-methyl/N-ethyl adjacent to an activating group) is 1. The molecule has 0 spiro atoms. The summed E-state index contributed by atoms with van der Waals surface area (Å²) in [5, 5.41) is 11.7. The van der Waals surface area contributed by atoms with Gasteiger partial charge in [0.15, 0.2) is 0 Å². The standard InChI is InChI=1S/C20H29N3O5/c1-20(2,3)19(27)21-16-8-6-5-7-15(16)18(26)23-9-10-28-14(12-23)11-22(4)13-17(24)25/h5-8,14H,9-13H2,1-4H3,(H,21,27)(H,24,25). The zero-order chi connectivity index (χ0) is 20.9. The molecule has 2 rings (SSSR count). The largest absolute Gasteiger partial charge is 0.480 e. The number of benzene rings is 1. The molecule has 1 aromatic rings. The lowest BCUT2D eigenvalue weighted by Gasteiger charge is -2.35. The van der Waals surface area contributed by atoms with Crippen molar-refractivity contribution in [2.45, 2.75) is 26.9 Å². The van der Waals surface area contributed by atoms with E-state index in [4.69, 9.17) is 9.84 Å². The summed E-state index contributed by atoms with van der Waals surface area (Å²) < 4.78 is 5.69. The van der Waals surface area contributed by atoms with E-state index in [0.717, 1.165) is 0 Å². The molecule has 8 heteroatoms. The lowest BCUT2D eigenvalue weighted by Crippen LogP contribution is -2.49. The van der Waals surface area contributed by atoms with Crippen molar-refractivity contribution in [2.75, 3.05) is 45.2 Å². The Morgan fingerprint density at radius 2 is 1.96 bits per heavy atom. The van der Waals surface area contributed by atoms with Gasteiger partial charge in [-0.3, -0.25) is 19.3 Å². The Hall–Kier alpha value is -2.45. The highest BCUT2D eigenvalue weighted by Gasteiger charge is 2.28. The van der Waals surface area contributed by atoms with Crippen molar-refractivity contribution in [2.24, 2.45) is 5.41 Å². The topological polar surface area (TPSA) is 99.2 Å². The van der Waals surface area contributed by atoms with E-state index in [-0.39, 0.29) is 24.5 Å². The lowest BCUT2D eigenvalue weighted by molar-refractivity contribution is -0.138. The summed E-state index contributed by atoms with van der Waals surface area (Å²) in [5.41, 5.74) is 0.340. The Morgan fingerprint density at radius 1 is 1.29 bits per heavy atom. The van der Waals surface area contributed by atoms with Crippen LogP contribution in [0, 0.1) is 5.41 Å². The predicted octanol–water partition coefficient (Wildman–Crippen LogP) is 1.53. The second-order valence-corrected chi connectivity index (χ2v) is 8.08. The molecule has 2 N–H and O–H groups in total. The molecule has 1 atom stereocenters. The van der Waals surface area contributed by atoms with Crippen LogP contribution in [0.15, 0.2) is 24.3 Å². The summed E-state index contributed by atoms with van der Waals surface area (Å²) >= 11 is 0. The molecule has 0 radical (unpaired) electrons. The first-order valence-electron chi connectivity index (χ1n) is 9.29. The number of morpholine rings is 1. The second-order valence-electron chi connectivity index (χ2n) is 8.08. The second kappa shape index (κ2) is 9.16. The van der Waals surface area contributed by atoms with Gasteiger partial charge in [-0.25, -0.2) is 0 Å². The maximum absolute atomic E-state index is 13.1. The summed E-state index contributed by atoms with van der Waals surface area (Å²) in [5.74, 6) is -1.25. The van der Waals surface area contributed by atoms with E-state index >= 15 is 0 Å². The number of carboxylic acids is 1. The first-order valence-corrected chi connectivity index (χ1v) is 9.29. The minimum atomic E-state index is -0.908. The third-order valence-corrected chi connectivity index (χ3v) is 4.43. The predicted molar refractivity (Wildman–Crippen MR) is 105 cm³/mol. The van der Waals surface area contributed by atoms with Crippen molar-refractivity contribution >= 4 is 23.5 Å². The number of anilines is 1. The maximum atomic E-state index is 13.1. The van der Waals surface area contributed by atoms with Gasteiger partial charge in [-0.05, 0) is 19.2 Å². The number of carbonyl (C=O) groups is 3. The fourth-order valence-electron chi connectivity index (χ4n) is 2.92. The van der Waals surface area contributed by atoms with E-state index in [1.54, 1.807) is 41.1 Å². The Morgan fingerprint density at radius 3 is 2.61 bits per heavy atom. The summed E-state index contributed by atoms with van der Waals surface area (Å²) in [6.45, 7) is 6.96. The lowest BCUT2D eigenvalue weighted by atomic mass is 9.95. The monoisotopic (exact) mass is 391 g/mol. The molecule has 1 heterocycles. The van der Waals surface area contributed by atoms with Gasteiger partial charge in [0.25, 0.3) is 5.91 Å². The molecule has 0 aliphatic carbocycles. The number of ether oxygens (including phenoxy) is 1. The van der Waals surface area contributed by atoms with Crippen LogP contribution in [0.2, 0.25) is 0 Å². The highest BCUT2D eigenvalue weighted by Crippen LogP contribution is 2.22. The van der Waals surface area contributed by atoms with Crippen molar-refractivity contribution in [3.8, 4) is 0 Å². The average molecular weight is 391 g/mol. The van der Waals surface area contributed by atoms with Gasteiger partial charge in [-0.2, -0.15) is 0 Å². The van der Waals surface area contributed by atoms with E-state index in [1.807, 2.05) is 20.8 Å². The Labute approximate surface area is 165 Å². The van der Waals surface area contributed by atoms with Crippen LogP contribution in [0.3, 0.4) is 0 Å². The van der Waals surface area contributed by atoms with Crippen LogP contribution in [0.5, 0.6) is 0 Å². The minimum Gasteiger partial charge on any atom is -0.480 e. The average Bonchev–Trinajstić information content (AvgIpc) is 2.60. The fraction of sp³-hybridized carbons (Fsp3) is 0.550. The van der Waals surface area contributed by atoms with Gasteiger partial charge < -0.3 is 20.1 Å². The molecule has 28 heavy (non-hydrogen) atoms. The van der Waals surface area contributed by atoms with Crippen LogP contribution < -0.4 is 5.32 Å². The molecule has 1 fully saturated rings. The van der Waals surface area contributed by atoms with Crippen LogP contribution in [-0.4, -0.2) is 78.6 Å². The molecule has 154 valence electrons. The Bertz CT molecular complexity index is 729. The molecule has 1 unspecified atom stereocenters. The number of nitrogens with zero attached hydrogens (tertiary/aromatic N) is 2. The number of nitrogens with one attached hydrogen (secondary N) is 1. The summed E-state index contributed by atoms with van der Waals surface area (Å²) in [4.78, 5) is 39.6. The number of hydrogen-bond donors (Lipinski definition) is 2. The first-order chi connectivity index (χ1) is 13.1. The van der Waals surface area contributed by atoms with Gasteiger partial charge in [0.2, 0.25) is 5.91 Å². The van der Waals surface area contributed by atoms with Crippen LogP contribution in [0.25, 0.3) is 0 Å². The van der Waals surface area contributed by atoms with Crippen LogP contribution in [-0.2, 0) is 14.3 Å². The minimum absolute atomic E-state index is 0.0878. The highest BCUT2D eigenvalue weighted by molar-refractivity contribution is 6.04. The third kappa shape index (κ3) is 6.03. The zero-order valence-electron chi connectivity index (χ0n) is 16.9. The van der Waals surface area contributed by atoms with Gasteiger partial charge in [0, 0.05) is 25.0 Å². The molecular formula is C20H29N3O5. The number of hydrogen-bond acceptors (Lipinski definition) is 5. The van der Waals surface area contributed by atoms with Crippen molar-refractivity contribution in [1.29, 1.82) is 0 Å². The van der Waals surface area contributed by atoms with Crippen molar-refractivity contribution in [1.82, 2.24) is 9.80 Å². The third-order valence-electron chi connectivity index (χ3n) is 4.43. The van der Waals surface area contributed by atoms with E-state index in [1.165, 1.54) is 0 Å². The molecule has 1 aliphatic rings. The fourth-order valence-corrected chi connectivity index (χ4v) is 2.92. The number of rotatable bonds is 6. The number of amides is 2. The molecule has 1 aromatic carbocycles. The molecule has 0 saturated carbocycles. The quantitative estimate of drug-likeness (QED) is 0.763. The maximum Gasteiger partial charge on any atom is 0.317 e. The van der Waals surface area contributed by atoms with Crippen molar-refractivity contribution in [3.05, 3.63) is 29.8 Å². The molecular weight excluding hydrogens is 362 g/mol. The number of para-hydroxylation sites is 1. The van der Waals surface area contributed by atoms with E-state index in [9.17, 15) is 14.4 Å². The summed E-state index contributed by atoms with van der Waals surface area (Å²) in [6, 6.07) is 6.95. The van der Waals surface area contributed by atoms with E-state index in [2.05, 4.69) is 5.32 Å². The molecule has 2 amide bonds. The Kier molecular flexibility index (Phi) is 7.15. The van der Waals surface area contributed by atoms with E-state index < -0.39 is 11.4 Å². The number of carbonyl (C=O) groups excluding carboxylic acids is 2. The Balaban J connectivity index is 2.09. The molecule has 8 nitrogen and oxygen atoms in total. The molecule has 0 bridgehead atoms. The number of carboxylic acid groups (broad SMARTS) is 1. The van der Waals surface area contributed by atoms with Gasteiger partial charge in [0.05, 0.1) is 30.5 Å². The van der Waals surface area contributed by atoms with Gasteiger partial charge in [0.1, 0.15) is 0 Å². The summed E-state index contributed by atoms with van der Waals surface area (Å²) in [6.07, 6.45) is -0.265. The summed E-state index contributed by atoms with van der Waals surface area (Å²) in [7, 11) is 1.70. The highest BCUT2D eigenvalue weighted by atomic mass is 16.5. The van der Waals surface area contributed by atoms with Gasteiger partial charge in [-0.15, -0.1) is 0 Å². The SMILES string of the molecule is CN(CC(=O)O)CC1CN(C(=O)c2ccccc2NC(=O)C(C)(C)C)CCO1. The normalized spacial score (nSPS) is 17.5. The smallest absolute Gasteiger partial charge is 0.317 e. The van der Waals surface area contributed by atoms with Gasteiger partial charge in [-0.1, -0.05) is 32.9 Å². The number of aliphatic carboxylic acids is 1. The molecule has 0 aromatic heterocycles. The van der Waals surface area contributed by atoms with Gasteiger partial charge >= 0.3 is 5.97 Å². The van der Waals surface area contributed by atoms with Crippen molar-refractivity contribution in [3.63, 3.8) is 0 Å². The van der Waals surface area contributed by atoms with Crippen LogP contribution >= 0.6 is 0 Å².